The van der Waals surface area contributed by atoms with Gasteiger partial charge in [0, 0.05) is 31.0 Å². The SMILES string of the molecule is CCn1c(-c2ccccc2)nn(C[NH+]2CCC[C@H]2c2ccc(OC)cc2OC)c1=S. The molecule has 1 fully saturated rings. The molecular weight excluding hydrogens is 396 g/mol. The Morgan fingerprint density at radius 2 is 1.93 bits per heavy atom. The Balaban J connectivity index is 1.65. The number of likely N-dealkylation sites (tertiary alicyclic amines) is 1. The lowest BCUT2D eigenvalue weighted by molar-refractivity contribution is -0.941. The Labute approximate surface area is 182 Å². The number of nitrogens with one attached hydrogen (secondary N) is 1. The Morgan fingerprint density at radius 1 is 1.13 bits per heavy atom. The van der Waals surface area contributed by atoms with Gasteiger partial charge in [-0.3, -0.25) is 0 Å². The monoisotopic (exact) mass is 425 g/mol. The van der Waals surface area contributed by atoms with Gasteiger partial charge in [-0.25, -0.2) is 0 Å². The van der Waals surface area contributed by atoms with Crippen LogP contribution in [0.5, 0.6) is 11.5 Å². The summed E-state index contributed by atoms with van der Waals surface area (Å²) in [4.78, 5) is 1.45. The number of quaternary nitrogens is 1. The zero-order chi connectivity index (χ0) is 21.1. The summed E-state index contributed by atoms with van der Waals surface area (Å²) in [7, 11) is 3.40. The maximum absolute atomic E-state index is 5.79. The molecule has 0 spiro atoms. The fourth-order valence-electron chi connectivity index (χ4n) is 4.40. The minimum Gasteiger partial charge on any atom is -0.497 e. The highest BCUT2D eigenvalue weighted by molar-refractivity contribution is 7.71. The van der Waals surface area contributed by atoms with E-state index < -0.39 is 0 Å². The lowest BCUT2D eigenvalue weighted by Crippen LogP contribution is -3.09. The fraction of sp³-hybridized carbons (Fsp3) is 0.391. The summed E-state index contributed by atoms with van der Waals surface area (Å²) in [6.45, 7) is 4.74. The summed E-state index contributed by atoms with van der Waals surface area (Å²) in [6, 6.07) is 16.7. The summed E-state index contributed by atoms with van der Waals surface area (Å²) < 4.78 is 15.9. The molecule has 2 atom stereocenters. The van der Waals surface area contributed by atoms with Crippen molar-refractivity contribution in [3.8, 4) is 22.9 Å². The van der Waals surface area contributed by atoms with Crippen LogP contribution in [0.1, 0.15) is 31.4 Å². The number of rotatable bonds is 7. The van der Waals surface area contributed by atoms with Crippen molar-refractivity contribution in [3.05, 3.63) is 58.9 Å². The molecule has 2 aromatic carbocycles. The molecule has 6 nitrogen and oxygen atoms in total. The van der Waals surface area contributed by atoms with Crippen molar-refractivity contribution in [2.45, 2.75) is 39.0 Å². The van der Waals surface area contributed by atoms with Gasteiger partial charge in [-0.1, -0.05) is 30.3 Å². The van der Waals surface area contributed by atoms with Crippen LogP contribution in [0.4, 0.5) is 0 Å². The highest BCUT2D eigenvalue weighted by Crippen LogP contribution is 2.31. The molecule has 0 bridgehead atoms. The summed E-state index contributed by atoms with van der Waals surface area (Å²) >= 11 is 5.79. The summed E-state index contributed by atoms with van der Waals surface area (Å²) in [5.41, 5.74) is 2.31. The molecule has 2 heterocycles. The van der Waals surface area contributed by atoms with E-state index in [0.717, 1.165) is 53.8 Å². The number of aromatic nitrogens is 3. The quantitative estimate of drug-likeness (QED) is 0.589. The first kappa shape index (κ1) is 20.6. The van der Waals surface area contributed by atoms with Gasteiger partial charge in [0.25, 0.3) is 0 Å². The maximum atomic E-state index is 5.79. The van der Waals surface area contributed by atoms with Gasteiger partial charge in [0.15, 0.2) is 12.5 Å². The standard InChI is InChI=1S/C23H28N4O2S/c1-4-26-22(17-9-6-5-7-10-17)24-27(23(26)30)16-25-14-8-11-20(25)19-13-12-18(28-2)15-21(19)29-3/h5-7,9-10,12-13,15,20H,4,8,11,14,16H2,1-3H3/p+1/t20-/m0/s1. The van der Waals surface area contributed by atoms with E-state index in [0.29, 0.717) is 6.04 Å². The van der Waals surface area contributed by atoms with E-state index in [1.54, 1.807) is 14.2 Å². The van der Waals surface area contributed by atoms with Crippen LogP contribution in [0.25, 0.3) is 11.4 Å². The molecule has 1 N–H and O–H groups in total. The smallest absolute Gasteiger partial charge is 0.203 e. The van der Waals surface area contributed by atoms with E-state index >= 15 is 0 Å². The normalized spacial score (nSPS) is 18.5. The first-order valence-electron chi connectivity index (χ1n) is 10.5. The van der Waals surface area contributed by atoms with Gasteiger partial charge in [-0.2, -0.15) is 4.68 Å². The Kier molecular flexibility index (Phi) is 6.20. The minimum absolute atomic E-state index is 0.347. The van der Waals surface area contributed by atoms with Crippen LogP contribution in [0.15, 0.2) is 48.5 Å². The molecule has 1 aliphatic heterocycles. The highest BCUT2D eigenvalue weighted by atomic mass is 32.1. The molecule has 1 unspecified atom stereocenters. The topological polar surface area (TPSA) is 45.7 Å². The van der Waals surface area contributed by atoms with E-state index in [1.807, 2.05) is 35.0 Å². The molecule has 1 saturated heterocycles. The van der Waals surface area contributed by atoms with Crippen molar-refractivity contribution in [1.29, 1.82) is 0 Å². The Morgan fingerprint density at radius 3 is 2.63 bits per heavy atom. The van der Waals surface area contributed by atoms with Crippen molar-refractivity contribution < 1.29 is 14.4 Å². The maximum Gasteiger partial charge on any atom is 0.203 e. The summed E-state index contributed by atoms with van der Waals surface area (Å²) in [5.74, 6) is 2.62. The Hall–Kier alpha value is -2.64. The van der Waals surface area contributed by atoms with Gasteiger partial charge in [0.1, 0.15) is 17.5 Å². The molecule has 158 valence electrons. The second kappa shape index (κ2) is 9.02. The summed E-state index contributed by atoms with van der Waals surface area (Å²) in [5, 5.41) is 4.92. The van der Waals surface area contributed by atoms with E-state index in [-0.39, 0.29) is 0 Å². The van der Waals surface area contributed by atoms with Crippen molar-refractivity contribution >= 4 is 12.2 Å². The van der Waals surface area contributed by atoms with Crippen molar-refractivity contribution in [3.63, 3.8) is 0 Å². The van der Waals surface area contributed by atoms with Gasteiger partial charge in [-0.15, -0.1) is 5.10 Å². The molecule has 7 heteroatoms. The lowest BCUT2D eigenvalue weighted by atomic mass is 10.0. The first-order chi connectivity index (χ1) is 14.7. The predicted molar refractivity (Wildman–Crippen MR) is 120 cm³/mol. The van der Waals surface area contributed by atoms with Crippen molar-refractivity contribution in [2.24, 2.45) is 0 Å². The van der Waals surface area contributed by atoms with Crippen LogP contribution in [-0.2, 0) is 13.2 Å². The molecule has 0 aliphatic carbocycles. The molecule has 0 radical (unpaired) electrons. The average Bonchev–Trinajstić information content (AvgIpc) is 3.38. The van der Waals surface area contributed by atoms with Crippen molar-refractivity contribution in [2.75, 3.05) is 20.8 Å². The van der Waals surface area contributed by atoms with Gasteiger partial charge < -0.3 is 18.9 Å². The molecule has 1 aliphatic rings. The zero-order valence-electron chi connectivity index (χ0n) is 17.8. The number of benzene rings is 2. The molecule has 0 saturated carbocycles. The second-order valence-corrected chi connectivity index (χ2v) is 7.95. The largest absolute Gasteiger partial charge is 0.497 e. The van der Waals surface area contributed by atoms with Crippen LogP contribution >= 0.6 is 12.2 Å². The molecule has 3 aromatic rings. The Bertz CT molecular complexity index is 1060. The van der Waals surface area contributed by atoms with Gasteiger partial charge in [-0.05, 0) is 31.3 Å². The van der Waals surface area contributed by atoms with Crippen molar-refractivity contribution in [1.82, 2.24) is 14.3 Å². The number of ether oxygens (including phenoxy) is 2. The number of hydrogen-bond donors (Lipinski definition) is 1. The molecule has 0 amide bonds. The third-order valence-corrected chi connectivity index (χ3v) is 6.35. The van der Waals surface area contributed by atoms with Gasteiger partial charge in [0.2, 0.25) is 4.77 Å². The van der Waals surface area contributed by atoms with Gasteiger partial charge >= 0.3 is 0 Å². The minimum atomic E-state index is 0.347. The molecule has 30 heavy (non-hydrogen) atoms. The summed E-state index contributed by atoms with van der Waals surface area (Å²) in [6.07, 6.45) is 2.29. The van der Waals surface area contributed by atoms with E-state index in [1.165, 1.54) is 16.9 Å². The van der Waals surface area contributed by atoms with Crippen LogP contribution in [0.3, 0.4) is 0 Å². The zero-order valence-corrected chi connectivity index (χ0v) is 18.6. The molecular formula is C23H29N4O2S+. The predicted octanol–water partition coefficient (Wildman–Crippen LogP) is 3.50. The van der Waals surface area contributed by atoms with Crippen LogP contribution < -0.4 is 14.4 Å². The lowest BCUT2D eigenvalue weighted by Gasteiger charge is -2.23. The fourth-order valence-corrected chi connectivity index (χ4v) is 4.73. The average molecular weight is 426 g/mol. The number of hydrogen-bond acceptors (Lipinski definition) is 4. The number of nitrogens with zero attached hydrogens (tertiary/aromatic N) is 3. The van der Waals surface area contributed by atoms with Gasteiger partial charge in [0.05, 0.1) is 26.3 Å². The van der Waals surface area contributed by atoms with Crippen LogP contribution in [-0.4, -0.2) is 35.1 Å². The molecule has 1 aromatic heterocycles. The third kappa shape index (κ3) is 3.87. The molecule has 4 rings (SSSR count). The van der Waals surface area contributed by atoms with Crippen LogP contribution in [0.2, 0.25) is 0 Å². The van der Waals surface area contributed by atoms with Crippen LogP contribution in [0, 0.1) is 4.77 Å². The van der Waals surface area contributed by atoms with E-state index in [4.69, 9.17) is 26.8 Å². The van der Waals surface area contributed by atoms with E-state index in [9.17, 15) is 0 Å². The number of methoxy groups -OCH3 is 2. The third-order valence-electron chi connectivity index (χ3n) is 5.92. The highest BCUT2D eigenvalue weighted by Gasteiger charge is 2.33. The van der Waals surface area contributed by atoms with E-state index in [2.05, 4.69) is 29.7 Å². The second-order valence-electron chi connectivity index (χ2n) is 7.59. The first-order valence-corrected chi connectivity index (χ1v) is 10.9.